The average molecular weight is 295 g/mol. The molecule has 118 valence electrons. The Balaban J connectivity index is 1.60. The first-order valence-electron chi connectivity index (χ1n) is 7.64. The van der Waals surface area contributed by atoms with Crippen LogP contribution in [0.4, 0.5) is 4.79 Å². The van der Waals surface area contributed by atoms with Gasteiger partial charge in [-0.15, -0.1) is 0 Å². The van der Waals surface area contributed by atoms with E-state index in [9.17, 15) is 9.90 Å². The molecular weight excluding hydrogens is 270 g/mol. The summed E-state index contributed by atoms with van der Waals surface area (Å²) in [6, 6.07) is 3.15. The molecule has 1 aromatic heterocycles. The first-order chi connectivity index (χ1) is 10.2. The number of furan rings is 1. The fourth-order valence-electron chi connectivity index (χ4n) is 2.67. The first kappa shape index (κ1) is 15.9. The van der Waals surface area contributed by atoms with E-state index in [1.165, 1.54) is 12.7 Å². The molecule has 0 aliphatic carbocycles. The van der Waals surface area contributed by atoms with Crippen LogP contribution in [0.25, 0.3) is 0 Å². The monoisotopic (exact) mass is 295 g/mol. The van der Waals surface area contributed by atoms with Gasteiger partial charge in [0.1, 0.15) is 11.9 Å². The van der Waals surface area contributed by atoms with Crippen molar-refractivity contribution in [1.82, 2.24) is 15.5 Å². The summed E-state index contributed by atoms with van der Waals surface area (Å²) in [6.45, 7) is 6.33. The molecule has 1 aliphatic rings. The van der Waals surface area contributed by atoms with Crippen LogP contribution in [0.3, 0.4) is 0 Å². The van der Waals surface area contributed by atoms with Crippen molar-refractivity contribution in [2.24, 2.45) is 5.92 Å². The van der Waals surface area contributed by atoms with Gasteiger partial charge in [0.15, 0.2) is 0 Å². The van der Waals surface area contributed by atoms with Gasteiger partial charge in [0, 0.05) is 13.1 Å². The van der Waals surface area contributed by atoms with Crippen LogP contribution in [0, 0.1) is 5.92 Å². The Morgan fingerprint density at radius 3 is 3.14 bits per heavy atom. The van der Waals surface area contributed by atoms with E-state index in [4.69, 9.17) is 4.42 Å². The number of aliphatic hydroxyl groups is 1. The number of urea groups is 1. The molecule has 1 fully saturated rings. The lowest BCUT2D eigenvalue weighted by Crippen LogP contribution is -2.40. The summed E-state index contributed by atoms with van der Waals surface area (Å²) in [6.07, 6.45) is 3.00. The number of amides is 2. The molecule has 0 radical (unpaired) electrons. The fraction of sp³-hybridized carbons (Fsp3) is 0.667. The van der Waals surface area contributed by atoms with E-state index in [0.717, 1.165) is 26.1 Å². The predicted molar refractivity (Wildman–Crippen MR) is 79.9 cm³/mol. The van der Waals surface area contributed by atoms with Gasteiger partial charge in [-0.25, -0.2) is 4.79 Å². The van der Waals surface area contributed by atoms with Gasteiger partial charge < -0.3 is 25.1 Å². The second kappa shape index (κ2) is 8.05. The fourth-order valence-corrected chi connectivity index (χ4v) is 2.67. The van der Waals surface area contributed by atoms with Crippen LogP contribution < -0.4 is 10.6 Å². The molecular formula is C15H25N3O3. The van der Waals surface area contributed by atoms with E-state index >= 15 is 0 Å². The van der Waals surface area contributed by atoms with Crippen molar-refractivity contribution in [2.75, 3.05) is 32.7 Å². The second-order valence-electron chi connectivity index (χ2n) is 5.58. The van der Waals surface area contributed by atoms with Crippen LogP contribution >= 0.6 is 0 Å². The first-order valence-corrected chi connectivity index (χ1v) is 7.64. The minimum atomic E-state index is -0.808. The minimum Gasteiger partial charge on any atom is -0.467 e. The Labute approximate surface area is 125 Å². The van der Waals surface area contributed by atoms with E-state index in [1.807, 2.05) is 0 Å². The van der Waals surface area contributed by atoms with Crippen molar-refractivity contribution in [1.29, 1.82) is 0 Å². The summed E-state index contributed by atoms with van der Waals surface area (Å²) in [5, 5.41) is 15.3. The lowest BCUT2D eigenvalue weighted by Gasteiger charge is -2.15. The van der Waals surface area contributed by atoms with Crippen LogP contribution in [-0.4, -0.2) is 48.8 Å². The maximum absolute atomic E-state index is 11.7. The molecule has 2 atom stereocenters. The molecule has 1 aliphatic heterocycles. The molecule has 6 nitrogen and oxygen atoms in total. The Morgan fingerprint density at radius 2 is 2.43 bits per heavy atom. The number of rotatable bonds is 7. The minimum absolute atomic E-state index is 0.145. The summed E-state index contributed by atoms with van der Waals surface area (Å²) < 4.78 is 5.08. The number of likely N-dealkylation sites (tertiary alicyclic amines) is 1. The zero-order valence-corrected chi connectivity index (χ0v) is 12.5. The highest BCUT2D eigenvalue weighted by Crippen LogP contribution is 2.15. The van der Waals surface area contributed by atoms with Gasteiger partial charge in [-0.05, 0) is 44.0 Å². The number of nitrogens with one attached hydrogen (secondary N) is 2. The summed E-state index contributed by atoms with van der Waals surface area (Å²) in [7, 11) is 0. The second-order valence-corrected chi connectivity index (χ2v) is 5.58. The average Bonchev–Trinajstić information content (AvgIpc) is 3.14. The number of nitrogens with zero attached hydrogens (tertiary/aromatic N) is 1. The van der Waals surface area contributed by atoms with E-state index in [2.05, 4.69) is 22.5 Å². The maximum atomic E-state index is 11.7. The molecule has 2 heterocycles. The number of carbonyl (C=O) groups is 1. The zero-order valence-electron chi connectivity index (χ0n) is 12.5. The molecule has 1 saturated heterocycles. The van der Waals surface area contributed by atoms with Crippen LogP contribution in [0.2, 0.25) is 0 Å². The summed E-state index contributed by atoms with van der Waals surface area (Å²) in [4.78, 5) is 14.1. The molecule has 2 unspecified atom stereocenters. The molecule has 21 heavy (non-hydrogen) atoms. The van der Waals surface area contributed by atoms with Gasteiger partial charge in [0.2, 0.25) is 0 Å². The van der Waals surface area contributed by atoms with Crippen molar-refractivity contribution in [3.05, 3.63) is 24.2 Å². The van der Waals surface area contributed by atoms with Crippen LogP contribution in [0.15, 0.2) is 22.8 Å². The third-order valence-corrected chi connectivity index (χ3v) is 3.79. The molecule has 0 bridgehead atoms. The van der Waals surface area contributed by atoms with Crippen molar-refractivity contribution in [2.45, 2.75) is 25.9 Å². The number of hydrogen-bond donors (Lipinski definition) is 3. The number of carbonyl (C=O) groups excluding carboxylic acids is 1. The van der Waals surface area contributed by atoms with Crippen molar-refractivity contribution < 1.29 is 14.3 Å². The number of hydrogen-bond acceptors (Lipinski definition) is 4. The quantitative estimate of drug-likeness (QED) is 0.709. The predicted octanol–water partition coefficient (Wildman–Crippen LogP) is 1.34. The summed E-state index contributed by atoms with van der Waals surface area (Å²) in [5.74, 6) is 0.985. The largest absolute Gasteiger partial charge is 0.467 e. The highest BCUT2D eigenvalue weighted by Gasteiger charge is 2.22. The van der Waals surface area contributed by atoms with Gasteiger partial charge in [-0.3, -0.25) is 0 Å². The van der Waals surface area contributed by atoms with Crippen molar-refractivity contribution in [3.63, 3.8) is 0 Å². The molecule has 2 rings (SSSR count). The van der Waals surface area contributed by atoms with E-state index in [1.54, 1.807) is 12.1 Å². The van der Waals surface area contributed by atoms with Crippen LogP contribution in [0.5, 0.6) is 0 Å². The van der Waals surface area contributed by atoms with E-state index < -0.39 is 6.10 Å². The van der Waals surface area contributed by atoms with Gasteiger partial charge in [0.25, 0.3) is 0 Å². The van der Waals surface area contributed by atoms with Gasteiger partial charge in [-0.2, -0.15) is 0 Å². The number of aliphatic hydroxyl groups excluding tert-OH is 1. The van der Waals surface area contributed by atoms with Gasteiger partial charge >= 0.3 is 6.03 Å². The van der Waals surface area contributed by atoms with E-state index in [-0.39, 0.29) is 12.6 Å². The van der Waals surface area contributed by atoms with Crippen LogP contribution in [0.1, 0.15) is 31.6 Å². The Hall–Kier alpha value is -1.53. The maximum Gasteiger partial charge on any atom is 0.314 e. The van der Waals surface area contributed by atoms with Crippen molar-refractivity contribution >= 4 is 6.03 Å². The molecule has 0 spiro atoms. The third-order valence-electron chi connectivity index (χ3n) is 3.79. The van der Waals surface area contributed by atoms with Crippen molar-refractivity contribution in [3.8, 4) is 0 Å². The zero-order chi connectivity index (χ0) is 15.1. The molecule has 6 heteroatoms. The lowest BCUT2D eigenvalue weighted by molar-refractivity contribution is 0.148. The third kappa shape index (κ3) is 5.06. The molecule has 3 N–H and O–H groups in total. The van der Waals surface area contributed by atoms with Crippen LogP contribution in [-0.2, 0) is 0 Å². The Kier molecular flexibility index (Phi) is 6.07. The SMILES string of the molecule is CCCN1CCC(CNC(=O)NCC(O)c2ccco2)C1. The Bertz CT molecular complexity index is 422. The molecule has 2 amide bonds. The molecule has 0 saturated carbocycles. The Morgan fingerprint density at radius 1 is 1.57 bits per heavy atom. The van der Waals surface area contributed by atoms with Gasteiger partial charge in [-0.1, -0.05) is 6.92 Å². The van der Waals surface area contributed by atoms with E-state index in [0.29, 0.717) is 18.2 Å². The topological polar surface area (TPSA) is 77.7 Å². The standard InChI is InChI=1S/C15H25N3O3/c1-2-6-18-7-5-12(11-18)9-16-15(20)17-10-13(19)14-4-3-8-21-14/h3-4,8,12-13,19H,2,5-7,9-11H2,1H3,(H2,16,17,20). The molecule has 0 aromatic carbocycles. The summed E-state index contributed by atoms with van der Waals surface area (Å²) in [5.41, 5.74) is 0. The smallest absolute Gasteiger partial charge is 0.314 e. The molecule has 1 aromatic rings. The van der Waals surface area contributed by atoms with Gasteiger partial charge in [0.05, 0.1) is 12.8 Å². The highest BCUT2D eigenvalue weighted by molar-refractivity contribution is 5.73. The highest BCUT2D eigenvalue weighted by atomic mass is 16.4. The lowest BCUT2D eigenvalue weighted by atomic mass is 10.1. The normalized spacial score (nSPS) is 20.4. The summed E-state index contributed by atoms with van der Waals surface area (Å²) >= 11 is 0.